The maximum absolute atomic E-state index is 4.68. The largest absolute Gasteiger partial charge is 0.280 e. The van der Waals surface area contributed by atoms with Crippen LogP contribution >= 0.6 is 0 Å². The van der Waals surface area contributed by atoms with Gasteiger partial charge in [0.2, 0.25) is 0 Å². The molecule has 1 heteroatoms. The summed E-state index contributed by atoms with van der Waals surface area (Å²) < 4.78 is 0. The van der Waals surface area contributed by atoms with E-state index in [1.54, 1.807) is 0 Å². The third-order valence-electron chi connectivity index (χ3n) is 3.53. The molecule has 1 aliphatic heterocycles. The minimum absolute atomic E-state index is 0.209. The lowest BCUT2D eigenvalue weighted by molar-refractivity contribution is 0.946. The Bertz CT molecular complexity index is 665. The second-order valence-electron chi connectivity index (χ2n) is 4.50. The highest BCUT2D eigenvalue weighted by Crippen LogP contribution is 2.45. The molecule has 0 amide bonds. The van der Waals surface area contributed by atoms with Gasteiger partial charge in [0.1, 0.15) is 6.04 Å². The van der Waals surface area contributed by atoms with E-state index in [4.69, 9.17) is 0 Å². The summed E-state index contributed by atoms with van der Waals surface area (Å²) in [5.41, 5.74) is 6.52. The number of aliphatic imine (C=N–C) groups is 1. The highest BCUT2D eigenvalue weighted by molar-refractivity contribution is 6.01. The van der Waals surface area contributed by atoms with Crippen molar-refractivity contribution in [2.45, 2.75) is 6.04 Å². The number of fused-ring (bicyclic) bond motifs is 5. The fourth-order valence-corrected chi connectivity index (χ4v) is 2.72. The molecule has 1 atom stereocenters. The lowest BCUT2D eigenvalue weighted by Crippen LogP contribution is -2.04. The Labute approximate surface area is 100 Å². The topological polar surface area (TPSA) is 12.4 Å². The second kappa shape index (κ2) is 3.17. The fourth-order valence-electron chi connectivity index (χ4n) is 2.72. The first-order valence-corrected chi connectivity index (χ1v) is 5.86. The first kappa shape index (κ1) is 8.94. The number of nitrogens with zero attached hydrogens (tertiary/aromatic N) is 1. The average molecular weight is 217 g/mol. The van der Waals surface area contributed by atoms with E-state index in [2.05, 4.69) is 59.6 Å². The number of hydrogen-bond donors (Lipinski definition) is 0. The van der Waals surface area contributed by atoms with E-state index in [0.717, 1.165) is 0 Å². The lowest BCUT2D eigenvalue weighted by atomic mass is 9.92. The maximum atomic E-state index is 4.68. The van der Waals surface area contributed by atoms with Crippen molar-refractivity contribution >= 4 is 17.9 Å². The molecule has 1 heterocycles. The quantitative estimate of drug-likeness (QED) is 0.637. The summed E-state index contributed by atoms with van der Waals surface area (Å²) in [4.78, 5) is 4.68. The summed E-state index contributed by atoms with van der Waals surface area (Å²) >= 11 is 0. The van der Waals surface area contributed by atoms with Gasteiger partial charge in [0.15, 0.2) is 0 Å². The van der Waals surface area contributed by atoms with Gasteiger partial charge in [0, 0.05) is 6.21 Å². The summed E-state index contributed by atoms with van der Waals surface area (Å²) in [6.45, 7) is 0. The van der Waals surface area contributed by atoms with Crippen LogP contribution in [0.4, 0.5) is 0 Å². The van der Waals surface area contributed by atoms with Crippen LogP contribution in [0.5, 0.6) is 0 Å². The van der Waals surface area contributed by atoms with Gasteiger partial charge in [0.25, 0.3) is 0 Å². The van der Waals surface area contributed by atoms with Crippen molar-refractivity contribution in [3.05, 3.63) is 70.8 Å². The van der Waals surface area contributed by atoms with Crippen molar-refractivity contribution in [2.75, 3.05) is 0 Å². The second-order valence-corrected chi connectivity index (χ2v) is 4.50. The van der Waals surface area contributed by atoms with Gasteiger partial charge in [-0.25, -0.2) is 0 Å². The molecule has 80 valence electrons. The summed E-state index contributed by atoms with van der Waals surface area (Å²) in [6.07, 6.45) is 4.27. The minimum atomic E-state index is 0.209. The summed E-state index contributed by atoms with van der Waals surface area (Å²) in [5, 5.41) is 0. The highest BCUT2D eigenvalue weighted by Gasteiger charge is 2.28. The Morgan fingerprint density at radius 2 is 1.59 bits per heavy atom. The highest BCUT2D eigenvalue weighted by atomic mass is 14.8. The van der Waals surface area contributed by atoms with Crippen LogP contribution in [0.1, 0.15) is 28.3 Å². The lowest BCUT2D eigenvalue weighted by Gasteiger charge is -2.18. The van der Waals surface area contributed by atoms with Crippen LogP contribution in [0.15, 0.2) is 53.5 Å². The van der Waals surface area contributed by atoms with Gasteiger partial charge in [-0.05, 0) is 33.9 Å². The zero-order valence-electron chi connectivity index (χ0n) is 9.30. The predicted octanol–water partition coefficient (Wildman–Crippen LogP) is 3.71. The van der Waals surface area contributed by atoms with E-state index in [1.165, 1.54) is 27.8 Å². The standard InChI is InChI=1S/C16H11N/c1-4-8-14-11(5-1)9-15-13-7-3-2-6-12(13)10-17-16(14)15/h1-10,16H. The van der Waals surface area contributed by atoms with Crippen LogP contribution < -0.4 is 0 Å². The van der Waals surface area contributed by atoms with E-state index >= 15 is 0 Å². The predicted molar refractivity (Wildman–Crippen MR) is 71.1 cm³/mol. The van der Waals surface area contributed by atoms with E-state index in [-0.39, 0.29) is 6.04 Å². The van der Waals surface area contributed by atoms with Crippen LogP contribution in [0.2, 0.25) is 0 Å². The normalized spacial score (nSPS) is 19.3. The van der Waals surface area contributed by atoms with Crippen LogP contribution in [-0.4, -0.2) is 6.21 Å². The van der Waals surface area contributed by atoms with Crippen molar-refractivity contribution in [3.63, 3.8) is 0 Å². The van der Waals surface area contributed by atoms with E-state index in [9.17, 15) is 0 Å². The third-order valence-corrected chi connectivity index (χ3v) is 3.53. The van der Waals surface area contributed by atoms with Gasteiger partial charge in [-0.3, -0.25) is 4.99 Å². The van der Waals surface area contributed by atoms with Gasteiger partial charge in [-0.15, -0.1) is 0 Å². The Hall–Kier alpha value is -2.15. The molecule has 0 N–H and O–H groups in total. The fraction of sp³-hybridized carbons (Fsp3) is 0.0625. The molecule has 0 fully saturated rings. The minimum Gasteiger partial charge on any atom is -0.280 e. The van der Waals surface area contributed by atoms with Crippen LogP contribution in [0.25, 0.3) is 11.6 Å². The molecular formula is C16H11N. The van der Waals surface area contributed by atoms with Gasteiger partial charge < -0.3 is 0 Å². The van der Waals surface area contributed by atoms with Crippen LogP contribution in [0.3, 0.4) is 0 Å². The number of benzene rings is 2. The number of rotatable bonds is 0. The van der Waals surface area contributed by atoms with Gasteiger partial charge in [-0.1, -0.05) is 48.5 Å². The van der Waals surface area contributed by atoms with Crippen molar-refractivity contribution in [2.24, 2.45) is 4.99 Å². The molecule has 4 rings (SSSR count). The molecule has 0 saturated carbocycles. The average Bonchev–Trinajstić information content (AvgIpc) is 2.78. The van der Waals surface area contributed by atoms with Crippen molar-refractivity contribution < 1.29 is 0 Å². The molecule has 2 aliphatic rings. The Morgan fingerprint density at radius 1 is 0.824 bits per heavy atom. The molecule has 0 bridgehead atoms. The molecule has 0 spiro atoms. The molecule has 17 heavy (non-hydrogen) atoms. The van der Waals surface area contributed by atoms with E-state index in [1.807, 2.05) is 6.21 Å². The van der Waals surface area contributed by atoms with Crippen LogP contribution in [-0.2, 0) is 0 Å². The van der Waals surface area contributed by atoms with Crippen molar-refractivity contribution in [1.29, 1.82) is 0 Å². The summed E-state index contributed by atoms with van der Waals surface area (Å²) in [6, 6.07) is 17.2. The zero-order valence-corrected chi connectivity index (χ0v) is 9.30. The smallest absolute Gasteiger partial charge is 0.101 e. The van der Waals surface area contributed by atoms with Gasteiger partial charge in [-0.2, -0.15) is 0 Å². The van der Waals surface area contributed by atoms with Crippen molar-refractivity contribution in [1.82, 2.24) is 0 Å². The Kier molecular flexibility index (Phi) is 1.67. The Morgan fingerprint density at radius 3 is 2.53 bits per heavy atom. The molecule has 0 radical (unpaired) electrons. The molecule has 1 unspecified atom stereocenters. The molecular weight excluding hydrogens is 206 g/mol. The molecule has 1 nitrogen and oxygen atoms in total. The number of hydrogen-bond acceptors (Lipinski definition) is 1. The molecule has 2 aromatic carbocycles. The molecule has 2 aromatic rings. The van der Waals surface area contributed by atoms with Gasteiger partial charge in [0.05, 0.1) is 0 Å². The summed E-state index contributed by atoms with van der Waals surface area (Å²) in [7, 11) is 0. The van der Waals surface area contributed by atoms with Crippen LogP contribution in [0, 0.1) is 0 Å². The van der Waals surface area contributed by atoms with Crippen molar-refractivity contribution in [3.8, 4) is 0 Å². The SMILES string of the molecule is C1=NC2C(=Cc3ccccc32)c2ccccc21. The third kappa shape index (κ3) is 1.17. The van der Waals surface area contributed by atoms with Gasteiger partial charge >= 0.3 is 0 Å². The maximum Gasteiger partial charge on any atom is 0.101 e. The molecule has 0 aromatic heterocycles. The Balaban J connectivity index is 1.98. The molecule has 1 aliphatic carbocycles. The zero-order chi connectivity index (χ0) is 11.2. The first-order chi connectivity index (χ1) is 8.43. The van der Waals surface area contributed by atoms with E-state index in [0.29, 0.717) is 0 Å². The summed E-state index contributed by atoms with van der Waals surface area (Å²) in [5.74, 6) is 0. The van der Waals surface area contributed by atoms with E-state index < -0.39 is 0 Å². The first-order valence-electron chi connectivity index (χ1n) is 5.86. The molecule has 0 saturated heterocycles. The monoisotopic (exact) mass is 217 g/mol.